The largest absolute Gasteiger partial charge is 0.472 e. The maximum atomic E-state index is 12.9. The number of hydrogen-bond acceptors (Lipinski definition) is 10. The van der Waals surface area contributed by atoms with Gasteiger partial charge < -0.3 is 24.2 Å². The molecule has 12 heteroatoms. The molecule has 0 aliphatic carbocycles. The fourth-order valence-corrected chi connectivity index (χ4v) is 8.82. The van der Waals surface area contributed by atoms with Crippen molar-refractivity contribution in [1.82, 2.24) is 0 Å². The maximum absolute atomic E-state index is 12.9. The van der Waals surface area contributed by atoms with Crippen LogP contribution >= 0.6 is 7.82 Å². The SMILES string of the molecule is CC/C=C\C/C=C\C/C=C\C/C=C\CCCCCCCCC(=O)OC(COC(=O)CCCCCCCCC/C=C\C/C=C\CCCCC)COP(=O)(O)OCC(CO)OC(=O)CCCCCCC/C=C\C/C=C\C/C=C\CC. The first kappa shape index (κ1) is 74.1. The van der Waals surface area contributed by atoms with Crippen molar-refractivity contribution in [1.29, 1.82) is 0 Å². The topological polar surface area (TPSA) is 155 Å². The van der Waals surface area contributed by atoms with Crippen LogP contribution in [0.4, 0.5) is 0 Å². The van der Waals surface area contributed by atoms with E-state index in [1.165, 1.54) is 38.5 Å². The zero-order valence-electron chi connectivity index (χ0n) is 49.3. The predicted molar refractivity (Wildman–Crippen MR) is 325 cm³/mol. The third-order valence-corrected chi connectivity index (χ3v) is 13.6. The summed E-state index contributed by atoms with van der Waals surface area (Å²) in [7, 11) is -4.77. The van der Waals surface area contributed by atoms with E-state index in [1.54, 1.807) is 0 Å². The Bertz CT molecular complexity index is 1720. The molecule has 446 valence electrons. The number of carbonyl (C=O) groups is 3. The Labute approximate surface area is 475 Å². The summed E-state index contributed by atoms with van der Waals surface area (Å²) in [6, 6.07) is 0. The van der Waals surface area contributed by atoms with Gasteiger partial charge in [0.2, 0.25) is 0 Å². The molecule has 11 nitrogen and oxygen atoms in total. The van der Waals surface area contributed by atoms with Crippen LogP contribution in [0.15, 0.2) is 109 Å². The summed E-state index contributed by atoms with van der Waals surface area (Å²) >= 11 is 0. The van der Waals surface area contributed by atoms with E-state index in [0.29, 0.717) is 19.3 Å². The number of unbranched alkanes of at least 4 members (excludes halogenated alkanes) is 21. The first-order valence-electron chi connectivity index (χ1n) is 30.8. The summed E-state index contributed by atoms with van der Waals surface area (Å²) in [4.78, 5) is 48.7. The first-order chi connectivity index (χ1) is 38.2. The van der Waals surface area contributed by atoms with Crippen molar-refractivity contribution in [2.75, 3.05) is 26.4 Å². The van der Waals surface area contributed by atoms with Gasteiger partial charge in [0.05, 0.1) is 19.8 Å². The van der Waals surface area contributed by atoms with Crippen LogP contribution in [0.3, 0.4) is 0 Å². The van der Waals surface area contributed by atoms with Gasteiger partial charge in [-0.2, -0.15) is 0 Å². The lowest BCUT2D eigenvalue weighted by Crippen LogP contribution is -2.30. The number of phosphoric acid groups is 1. The molecule has 3 atom stereocenters. The van der Waals surface area contributed by atoms with Crippen LogP contribution in [0.5, 0.6) is 0 Å². The quantitative estimate of drug-likeness (QED) is 0.0197. The van der Waals surface area contributed by atoms with Crippen molar-refractivity contribution in [3.63, 3.8) is 0 Å². The van der Waals surface area contributed by atoms with Crippen LogP contribution in [-0.4, -0.2) is 66.5 Å². The fourth-order valence-electron chi connectivity index (χ4n) is 8.04. The van der Waals surface area contributed by atoms with Crippen LogP contribution in [0.2, 0.25) is 0 Å². The molecule has 0 fully saturated rings. The second-order valence-electron chi connectivity index (χ2n) is 20.1. The highest BCUT2D eigenvalue weighted by atomic mass is 31.2. The van der Waals surface area contributed by atoms with Crippen molar-refractivity contribution in [2.45, 2.75) is 264 Å². The average molecular weight is 1110 g/mol. The van der Waals surface area contributed by atoms with Crippen molar-refractivity contribution in [2.24, 2.45) is 0 Å². The Hall–Kier alpha value is -3.86. The van der Waals surface area contributed by atoms with E-state index >= 15 is 0 Å². The molecule has 0 amide bonds. The summed E-state index contributed by atoms with van der Waals surface area (Å²) in [5, 5.41) is 9.83. The summed E-state index contributed by atoms with van der Waals surface area (Å²) in [6.45, 7) is 4.36. The van der Waals surface area contributed by atoms with E-state index in [2.05, 4.69) is 130 Å². The highest BCUT2D eigenvalue weighted by Gasteiger charge is 2.28. The van der Waals surface area contributed by atoms with Crippen molar-refractivity contribution in [3.8, 4) is 0 Å². The standard InChI is InChI=1S/C66H111O11P/c1-4-7-10-13-16-19-22-25-28-30-31-33-36-39-42-45-48-51-54-57-66(70)77-63(59-73-64(68)55-52-49-46-43-40-37-35-32-29-26-23-20-17-14-11-8-5-2)61-75-78(71,72)74-60-62(58-67)76-65(69)56-53-50-47-44-41-38-34-27-24-21-18-15-12-9-6-3/h7,9-10,12,16-21,25-29,31,33-34,62-63,67H,4-6,8,11,13-15,22-24,30,32,35-61H2,1-3H3,(H,71,72)/b10-7-,12-9-,19-16-,20-17-,21-18-,28-25-,29-26-,33-31-,34-27-. The molecule has 0 aromatic heterocycles. The van der Waals surface area contributed by atoms with Gasteiger partial charge in [0.15, 0.2) is 6.10 Å². The van der Waals surface area contributed by atoms with Gasteiger partial charge in [0.25, 0.3) is 0 Å². The summed E-state index contributed by atoms with van der Waals surface area (Å²) in [5.41, 5.74) is 0. The van der Waals surface area contributed by atoms with Gasteiger partial charge in [-0.25, -0.2) is 4.57 Å². The Morgan fingerprint density at radius 3 is 1.03 bits per heavy atom. The molecule has 2 N–H and O–H groups in total. The molecule has 0 spiro atoms. The summed E-state index contributed by atoms with van der Waals surface area (Å²) < 4.78 is 39.6. The minimum atomic E-state index is -4.77. The molecule has 0 aromatic rings. The highest BCUT2D eigenvalue weighted by molar-refractivity contribution is 7.47. The van der Waals surface area contributed by atoms with Gasteiger partial charge in [-0.3, -0.25) is 23.4 Å². The molecule has 0 aromatic carbocycles. The zero-order valence-corrected chi connectivity index (χ0v) is 50.2. The number of esters is 3. The Morgan fingerprint density at radius 2 is 0.667 bits per heavy atom. The van der Waals surface area contributed by atoms with Gasteiger partial charge in [-0.1, -0.05) is 220 Å². The third-order valence-electron chi connectivity index (χ3n) is 12.7. The molecule has 0 radical (unpaired) electrons. The fraction of sp³-hybridized carbons (Fsp3) is 0.682. The van der Waals surface area contributed by atoms with Gasteiger partial charge in [-0.15, -0.1) is 0 Å². The van der Waals surface area contributed by atoms with E-state index in [9.17, 15) is 28.9 Å². The third kappa shape index (κ3) is 56.8. The monoisotopic (exact) mass is 1110 g/mol. The molecule has 0 bridgehead atoms. The van der Waals surface area contributed by atoms with E-state index in [-0.39, 0.29) is 25.9 Å². The van der Waals surface area contributed by atoms with E-state index < -0.39 is 57.8 Å². The molecule has 0 aliphatic rings. The maximum Gasteiger partial charge on any atom is 0.472 e. The number of hydrogen-bond donors (Lipinski definition) is 2. The molecule has 78 heavy (non-hydrogen) atoms. The first-order valence-corrected chi connectivity index (χ1v) is 32.3. The Morgan fingerprint density at radius 1 is 0.372 bits per heavy atom. The number of rotatable bonds is 56. The molecule has 0 aliphatic heterocycles. The van der Waals surface area contributed by atoms with E-state index in [1.807, 2.05) is 0 Å². The number of allylic oxidation sites excluding steroid dienone is 18. The summed E-state index contributed by atoms with van der Waals surface area (Å²) in [5.74, 6) is -1.51. The van der Waals surface area contributed by atoms with E-state index in [4.69, 9.17) is 23.3 Å². The van der Waals surface area contributed by atoms with Crippen LogP contribution in [0, 0.1) is 0 Å². The van der Waals surface area contributed by atoms with Crippen molar-refractivity contribution in [3.05, 3.63) is 109 Å². The lowest BCUT2D eigenvalue weighted by Gasteiger charge is -2.21. The molecule has 3 unspecified atom stereocenters. The second kappa shape index (κ2) is 59.3. The number of ether oxygens (including phenoxy) is 3. The van der Waals surface area contributed by atoms with Crippen molar-refractivity contribution >= 4 is 25.7 Å². The lowest BCUT2D eigenvalue weighted by molar-refractivity contribution is -0.161. The van der Waals surface area contributed by atoms with Crippen LogP contribution in [0.25, 0.3) is 0 Å². The number of phosphoric ester groups is 1. The normalized spacial score (nSPS) is 14.1. The average Bonchev–Trinajstić information content (AvgIpc) is 3.43. The number of aliphatic hydroxyl groups excluding tert-OH is 1. The van der Waals surface area contributed by atoms with Crippen LogP contribution in [0.1, 0.15) is 252 Å². The van der Waals surface area contributed by atoms with Gasteiger partial charge in [0, 0.05) is 19.3 Å². The molecule has 0 rings (SSSR count). The van der Waals surface area contributed by atoms with Gasteiger partial charge in [-0.05, 0) is 122 Å². The number of carbonyl (C=O) groups excluding carboxylic acids is 3. The molecular formula is C66H111O11P. The molecular weight excluding hydrogens is 1000 g/mol. The Balaban J connectivity index is 4.78. The van der Waals surface area contributed by atoms with E-state index in [0.717, 1.165) is 154 Å². The van der Waals surface area contributed by atoms with Crippen LogP contribution in [-0.2, 0) is 42.2 Å². The smallest absolute Gasteiger partial charge is 0.462 e. The minimum Gasteiger partial charge on any atom is -0.462 e. The van der Waals surface area contributed by atoms with Crippen LogP contribution < -0.4 is 0 Å². The van der Waals surface area contributed by atoms with Crippen molar-refractivity contribution < 1.29 is 52.2 Å². The molecule has 0 saturated carbocycles. The lowest BCUT2D eigenvalue weighted by atomic mass is 10.1. The molecule has 0 saturated heterocycles. The predicted octanol–water partition coefficient (Wildman–Crippen LogP) is 18.6. The molecule has 0 heterocycles. The Kier molecular flexibility index (Phi) is 56.3. The minimum absolute atomic E-state index is 0.143. The van der Waals surface area contributed by atoms with Gasteiger partial charge in [0.1, 0.15) is 12.7 Å². The van der Waals surface area contributed by atoms with Gasteiger partial charge >= 0.3 is 25.7 Å². The second-order valence-corrected chi connectivity index (χ2v) is 21.6. The number of aliphatic hydroxyl groups is 1. The zero-order chi connectivity index (χ0) is 56.9. The highest BCUT2D eigenvalue weighted by Crippen LogP contribution is 2.43. The summed E-state index contributed by atoms with van der Waals surface area (Å²) in [6.07, 6.45) is 71.8.